The van der Waals surface area contributed by atoms with E-state index in [1.807, 2.05) is 0 Å². The maximum atomic E-state index is 12.8. The number of primary sulfonamides is 1. The highest BCUT2D eigenvalue weighted by molar-refractivity contribution is 7.89. The van der Waals surface area contributed by atoms with Crippen LogP contribution in [0.5, 0.6) is 0 Å². The SMILES string of the molecule is CCc1ccccc1C(C(F)(F)F)S(N)(=O)=O. The van der Waals surface area contributed by atoms with Crippen molar-refractivity contribution >= 4 is 10.0 Å². The van der Waals surface area contributed by atoms with Gasteiger partial charge in [0.2, 0.25) is 10.0 Å². The fourth-order valence-electron chi connectivity index (χ4n) is 1.65. The van der Waals surface area contributed by atoms with Gasteiger partial charge in [0.15, 0.2) is 5.25 Å². The van der Waals surface area contributed by atoms with E-state index in [2.05, 4.69) is 5.14 Å². The molecule has 0 aliphatic heterocycles. The topological polar surface area (TPSA) is 60.2 Å². The van der Waals surface area contributed by atoms with Crippen molar-refractivity contribution in [2.24, 2.45) is 5.14 Å². The molecule has 0 saturated carbocycles. The third-order valence-electron chi connectivity index (χ3n) is 2.34. The summed E-state index contributed by atoms with van der Waals surface area (Å²) in [5.74, 6) is 0. The number of hydrogen-bond acceptors (Lipinski definition) is 2. The van der Waals surface area contributed by atoms with E-state index in [1.54, 1.807) is 13.0 Å². The minimum Gasteiger partial charge on any atom is -0.228 e. The van der Waals surface area contributed by atoms with Crippen molar-refractivity contribution < 1.29 is 21.6 Å². The molecule has 0 spiro atoms. The van der Waals surface area contributed by atoms with Gasteiger partial charge in [-0.15, -0.1) is 0 Å². The first-order valence-electron chi connectivity index (χ1n) is 4.84. The fraction of sp³-hybridized carbons (Fsp3) is 0.400. The summed E-state index contributed by atoms with van der Waals surface area (Å²) in [6.45, 7) is 1.65. The van der Waals surface area contributed by atoms with Gasteiger partial charge in [0.25, 0.3) is 0 Å². The molecule has 17 heavy (non-hydrogen) atoms. The molecule has 0 aromatic heterocycles. The lowest BCUT2D eigenvalue weighted by Crippen LogP contribution is -2.34. The number of hydrogen-bond donors (Lipinski definition) is 1. The maximum absolute atomic E-state index is 12.8. The molecule has 2 N–H and O–H groups in total. The summed E-state index contributed by atoms with van der Waals surface area (Å²) in [5, 5.41) is 2.01. The summed E-state index contributed by atoms with van der Waals surface area (Å²) in [4.78, 5) is 0. The number of benzene rings is 1. The molecule has 0 aliphatic carbocycles. The molecule has 0 fully saturated rings. The van der Waals surface area contributed by atoms with Gasteiger partial charge >= 0.3 is 6.18 Å². The molecule has 0 heterocycles. The summed E-state index contributed by atoms with van der Waals surface area (Å²) in [5.41, 5.74) is 0.0221. The van der Waals surface area contributed by atoms with Crippen LogP contribution in [0.3, 0.4) is 0 Å². The van der Waals surface area contributed by atoms with Crippen LogP contribution in [0.15, 0.2) is 24.3 Å². The zero-order valence-corrected chi connectivity index (χ0v) is 9.85. The van der Waals surface area contributed by atoms with Gasteiger partial charge in [-0.2, -0.15) is 13.2 Å². The van der Waals surface area contributed by atoms with Gasteiger partial charge in [0.05, 0.1) is 0 Å². The van der Waals surface area contributed by atoms with Crippen molar-refractivity contribution in [3.05, 3.63) is 35.4 Å². The average molecular weight is 267 g/mol. The molecule has 7 heteroatoms. The summed E-state index contributed by atoms with van der Waals surface area (Å²) in [6, 6.07) is 5.51. The number of nitrogens with two attached hydrogens (primary N) is 1. The lowest BCUT2D eigenvalue weighted by atomic mass is 10.0. The Morgan fingerprint density at radius 2 is 1.82 bits per heavy atom. The van der Waals surface area contributed by atoms with E-state index in [0.717, 1.165) is 6.07 Å². The molecular formula is C10H12F3NO2S. The zero-order valence-electron chi connectivity index (χ0n) is 9.03. The largest absolute Gasteiger partial charge is 0.410 e. The molecule has 1 unspecified atom stereocenters. The standard InChI is InChI=1S/C10H12F3NO2S/c1-2-7-5-3-4-6-8(7)9(10(11,12)13)17(14,15)16/h3-6,9H,2H2,1H3,(H2,14,15,16). The van der Waals surface area contributed by atoms with Crippen molar-refractivity contribution in [1.29, 1.82) is 0 Å². The molecule has 3 nitrogen and oxygen atoms in total. The number of rotatable bonds is 3. The Balaban J connectivity index is 3.44. The highest BCUT2D eigenvalue weighted by Crippen LogP contribution is 2.39. The van der Waals surface area contributed by atoms with E-state index >= 15 is 0 Å². The normalized spacial score (nSPS) is 14.6. The molecule has 1 atom stereocenters. The molecule has 96 valence electrons. The van der Waals surface area contributed by atoms with E-state index < -0.39 is 21.4 Å². The van der Waals surface area contributed by atoms with Crippen molar-refractivity contribution in [2.45, 2.75) is 24.8 Å². The first-order chi connectivity index (χ1) is 7.68. The smallest absolute Gasteiger partial charge is 0.228 e. The van der Waals surface area contributed by atoms with E-state index in [9.17, 15) is 21.6 Å². The van der Waals surface area contributed by atoms with Gasteiger partial charge in [-0.05, 0) is 17.5 Å². The minimum atomic E-state index is -4.92. The Hall–Kier alpha value is -1.08. The van der Waals surface area contributed by atoms with Crippen molar-refractivity contribution in [3.8, 4) is 0 Å². The minimum absolute atomic E-state index is 0.301. The number of aryl methyl sites for hydroxylation is 1. The highest BCUT2D eigenvalue weighted by Gasteiger charge is 2.49. The molecule has 1 aromatic carbocycles. The molecule has 1 rings (SSSR count). The maximum Gasteiger partial charge on any atom is 0.410 e. The van der Waals surface area contributed by atoms with E-state index in [4.69, 9.17) is 0 Å². The van der Waals surface area contributed by atoms with Crippen LogP contribution in [-0.4, -0.2) is 14.6 Å². The second-order valence-electron chi connectivity index (χ2n) is 3.56. The molecule has 0 radical (unpaired) electrons. The molecule has 0 aliphatic rings. The van der Waals surface area contributed by atoms with Crippen LogP contribution in [0.4, 0.5) is 13.2 Å². The summed E-state index contributed by atoms with van der Waals surface area (Å²) in [6.07, 6.45) is -4.61. The Labute approximate surface area is 97.5 Å². The summed E-state index contributed by atoms with van der Waals surface area (Å²) in [7, 11) is -4.73. The highest BCUT2D eigenvalue weighted by atomic mass is 32.2. The van der Waals surface area contributed by atoms with Gasteiger partial charge in [0.1, 0.15) is 0 Å². The number of alkyl halides is 3. The lowest BCUT2D eigenvalue weighted by Gasteiger charge is -2.20. The first-order valence-corrected chi connectivity index (χ1v) is 6.45. The van der Waals surface area contributed by atoms with Crippen LogP contribution in [0.2, 0.25) is 0 Å². The second-order valence-corrected chi connectivity index (χ2v) is 5.21. The Morgan fingerprint density at radius 1 is 1.29 bits per heavy atom. The average Bonchev–Trinajstić information content (AvgIpc) is 2.14. The quantitative estimate of drug-likeness (QED) is 0.912. The lowest BCUT2D eigenvalue weighted by molar-refractivity contribution is -0.131. The third-order valence-corrected chi connectivity index (χ3v) is 3.52. The van der Waals surface area contributed by atoms with Crippen LogP contribution >= 0.6 is 0 Å². The Kier molecular flexibility index (Phi) is 3.83. The fourth-order valence-corrected chi connectivity index (χ4v) is 2.61. The second kappa shape index (κ2) is 4.66. The Morgan fingerprint density at radius 3 is 2.24 bits per heavy atom. The van der Waals surface area contributed by atoms with Crippen LogP contribution in [0, 0.1) is 0 Å². The molecule has 0 saturated heterocycles. The Bertz CT molecular complexity index is 497. The molecule has 1 aromatic rings. The van der Waals surface area contributed by atoms with Gasteiger partial charge in [0, 0.05) is 0 Å². The predicted molar refractivity (Wildman–Crippen MR) is 57.7 cm³/mol. The molecule has 0 amide bonds. The van der Waals surface area contributed by atoms with Gasteiger partial charge in [-0.1, -0.05) is 31.2 Å². The number of halogens is 3. The van der Waals surface area contributed by atoms with Crippen molar-refractivity contribution in [3.63, 3.8) is 0 Å². The van der Waals surface area contributed by atoms with Crippen molar-refractivity contribution in [1.82, 2.24) is 0 Å². The van der Waals surface area contributed by atoms with Crippen molar-refractivity contribution in [2.75, 3.05) is 0 Å². The molecular weight excluding hydrogens is 255 g/mol. The number of sulfonamides is 1. The van der Waals surface area contributed by atoms with Crippen LogP contribution in [0.1, 0.15) is 23.3 Å². The first kappa shape index (κ1) is 14.0. The van der Waals surface area contributed by atoms with Crippen LogP contribution in [-0.2, 0) is 16.4 Å². The monoisotopic (exact) mass is 267 g/mol. The predicted octanol–water partition coefficient (Wildman–Crippen LogP) is 2.14. The zero-order chi connectivity index (χ0) is 13.3. The third kappa shape index (κ3) is 3.19. The summed E-state index contributed by atoms with van der Waals surface area (Å²) >= 11 is 0. The van der Waals surface area contributed by atoms with E-state index in [1.165, 1.54) is 12.1 Å². The van der Waals surface area contributed by atoms with Gasteiger partial charge in [-0.25, -0.2) is 13.6 Å². The van der Waals surface area contributed by atoms with Crippen LogP contribution < -0.4 is 5.14 Å². The van der Waals surface area contributed by atoms with E-state index in [0.29, 0.717) is 12.0 Å². The van der Waals surface area contributed by atoms with Crippen LogP contribution in [0.25, 0.3) is 0 Å². The van der Waals surface area contributed by atoms with E-state index in [-0.39, 0.29) is 5.56 Å². The van der Waals surface area contributed by atoms with Gasteiger partial charge in [-0.3, -0.25) is 0 Å². The summed E-state index contributed by atoms with van der Waals surface area (Å²) < 4.78 is 60.5. The van der Waals surface area contributed by atoms with Gasteiger partial charge < -0.3 is 0 Å². The molecule has 0 bridgehead atoms.